The molecule has 2 aromatic heterocycles. The van der Waals surface area contributed by atoms with Gasteiger partial charge in [-0.25, -0.2) is 13.8 Å². The Morgan fingerprint density at radius 2 is 2.02 bits per heavy atom. The van der Waals surface area contributed by atoms with E-state index in [-0.39, 0.29) is 16.8 Å². The van der Waals surface area contributed by atoms with Crippen molar-refractivity contribution in [1.29, 1.82) is 5.26 Å². The topological polar surface area (TPSA) is 81.3 Å². The highest BCUT2D eigenvalue weighted by Crippen LogP contribution is 2.46. The van der Waals surface area contributed by atoms with Gasteiger partial charge in [-0.15, -0.1) is 0 Å². The fraction of sp³-hybridized carbons (Fsp3) is 0.333. The number of carbonyl (C=O) groups excluding carboxylic acids is 1. The maximum absolute atomic E-state index is 15.3. The summed E-state index contributed by atoms with van der Waals surface area (Å²) in [4.78, 5) is 23.4. The van der Waals surface area contributed by atoms with Gasteiger partial charge in [0.1, 0.15) is 28.8 Å². The highest BCUT2D eigenvalue weighted by Gasteiger charge is 2.49. The number of fused-ring (bicyclic) bond motifs is 2. The highest BCUT2D eigenvalue weighted by molar-refractivity contribution is 14.2. The number of aromatic nitrogens is 3. The van der Waals surface area contributed by atoms with Gasteiger partial charge in [0.05, 0.1) is 18.1 Å². The molecule has 4 aromatic rings. The van der Waals surface area contributed by atoms with E-state index in [0.717, 1.165) is 28.5 Å². The molecular formula is C30H30FIN7OP. The van der Waals surface area contributed by atoms with Crippen molar-refractivity contribution < 1.29 is 9.18 Å². The molecule has 8 nitrogen and oxygen atoms in total. The van der Waals surface area contributed by atoms with Gasteiger partial charge in [0.25, 0.3) is 0 Å². The van der Waals surface area contributed by atoms with Crippen LogP contribution in [0.2, 0.25) is 0 Å². The molecule has 0 aliphatic carbocycles. The maximum Gasteiger partial charge on any atom is 0.246 e. The predicted octanol–water partition coefficient (Wildman–Crippen LogP) is 5.52. The minimum atomic E-state index is -0.414. The van der Waals surface area contributed by atoms with E-state index in [4.69, 9.17) is 4.98 Å². The first-order valence-electron chi connectivity index (χ1n) is 13.5. The molecular weight excluding hydrogens is 651 g/mol. The van der Waals surface area contributed by atoms with Gasteiger partial charge in [-0.3, -0.25) is 4.79 Å². The second-order valence-electron chi connectivity index (χ2n) is 11.3. The summed E-state index contributed by atoms with van der Waals surface area (Å²) >= 11 is 2.30. The average molecular weight is 681 g/mol. The van der Waals surface area contributed by atoms with Crippen LogP contribution in [0.4, 0.5) is 10.2 Å². The van der Waals surface area contributed by atoms with Crippen LogP contribution in [0, 0.1) is 29.5 Å². The summed E-state index contributed by atoms with van der Waals surface area (Å²) < 4.78 is 17.3. The van der Waals surface area contributed by atoms with Gasteiger partial charge < -0.3 is 14.7 Å². The summed E-state index contributed by atoms with van der Waals surface area (Å²) in [6.45, 7) is 5.42. The number of carbonyl (C=O) groups is 1. The van der Waals surface area contributed by atoms with Gasteiger partial charge >= 0.3 is 0 Å². The zero-order valence-electron chi connectivity index (χ0n) is 23.2. The smallest absolute Gasteiger partial charge is 0.246 e. The number of likely N-dealkylation sites (N-methyl/N-ethyl adjacent to an activating group) is 1. The Kier molecular flexibility index (Phi) is 7.47. The predicted molar refractivity (Wildman–Crippen MR) is 171 cm³/mol. The third kappa shape index (κ3) is 4.88. The monoisotopic (exact) mass is 681 g/mol. The molecule has 1 atom stereocenters. The number of para-hydroxylation sites is 1. The molecule has 0 bridgehead atoms. The molecule has 2 fully saturated rings. The fourth-order valence-electron chi connectivity index (χ4n) is 6.21. The second kappa shape index (κ2) is 10.9. The van der Waals surface area contributed by atoms with Crippen LogP contribution < -0.4 is 4.90 Å². The Morgan fingerprint density at radius 3 is 2.76 bits per heavy atom. The normalized spacial score (nSPS) is 16.7. The molecule has 0 radical (unpaired) electrons. The number of halogens is 2. The summed E-state index contributed by atoms with van der Waals surface area (Å²) in [5.74, 6) is 0.118. The molecule has 1 amide bonds. The molecule has 2 aromatic carbocycles. The molecule has 2 aliphatic rings. The van der Waals surface area contributed by atoms with Crippen molar-refractivity contribution in [3.8, 4) is 17.2 Å². The number of amides is 1. The number of benzene rings is 2. The van der Waals surface area contributed by atoms with Crippen molar-refractivity contribution in [1.82, 2.24) is 24.3 Å². The third-order valence-corrected chi connectivity index (χ3v) is 10.1. The van der Waals surface area contributed by atoms with E-state index in [2.05, 4.69) is 38.1 Å². The summed E-state index contributed by atoms with van der Waals surface area (Å²) in [5, 5.41) is 16.7. The first kappa shape index (κ1) is 28.0. The van der Waals surface area contributed by atoms with Crippen LogP contribution in [0.25, 0.3) is 32.9 Å². The fourth-order valence-corrected chi connectivity index (χ4v) is 7.75. The number of rotatable bonds is 6. The van der Waals surface area contributed by atoms with Crippen LogP contribution in [-0.2, 0) is 4.79 Å². The molecule has 4 heterocycles. The number of anilines is 1. The van der Waals surface area contributed by atoms with Crippen LogP contribution in [-0.4, -0.2) is 77.1 Å². The Bertz CT molecular complexity index is 1760. The van der Waals surface area contributed by atoms with E-state index in [0.29, 0.717) is 61.4 Å². The molecule has 210 valence electrons. The molecule has 2 saturated heterocycles. The van der Waals surface area contributed by atoms with E-state index >= 15 is 4.39 Å². The van der Waals surface area contributed by atoms with Crippen molar-refractivity contribution in [2.24, 2.45) is 5.41 Å². The Labute approximate surface area is 253 Å². The minimum Gasteiger partial charge on any atom is -0.355 e. The van der Waals surface area contributed by atoms with Crippen LogP contribution >= 0.6 is 28.4 Å². The quantitative estimate of drug-likeness (QED) is 0.152. The first-order valence-corrected chi connectivity index (χ1v) is 17.5. The lowest BCUT2D eigenvalue weighted by Crippen LogP contribution is -2.59. The highest BCUT2D eigenvalue weighted by atomic mass is 127. The average Bonchev–Trinajstić information content (AvgIpc) is 3.56. The number of hydrogen-bond acceptors (Lipinski definition) is 6. The van der Waals surface area contributed by atoms with E-state index in [1.165, 1.54) is 6.07 Å². The van der Waals surface area contributed by atoms with E-state index < -0.39 is 5.82 Å². The van der Waals surface area contributed by atoms with Gasteiger partial charge in [0.15, 0.2) is 0 Å². The zero-order valence-corrected chi connectivity index (χ0v) is 26.3. The van der Waals surface area contributed by atoms with Crippen LogP contribution in [0.1, 0.15) is 17.5 Å². The Morgan fingerprint density at radius 1 is 1.22 bits per heavy atom. The molecule has 41 heavy (non-hydrogen) atoms. The summed E-state index contributed by atoms with van der Waals surface area (Å²) in [6.07, 6.45) is 6.68. The molecule has 1 unspecified atom stereocenters. The minimum absolute atomic E-state index is 0.0260. The molecule has 11 heteroatoms. The lowest BCUT2D eigenvalue weighted by atomic mass is 9.79. The first-order chi connectivity index (χ1) is 19.7. The van der Waals surface area contributed by atoms with Gasteiger partial charge in [-0.1, -0.05) is 24.3 Å². The van der Waals surface area contributed by atoms with Crippen molar-refractivity contribution in [3.05, 3.63) is 65.6 Å². The molecule has 6 rings (SSSR count). The maximum atomic E-state index is 15.3. The second-order valence-corrected chi connectivity index (χ2v) is 13.3. The van der Waals surface area contributed by atoms with Crippen molar-refractivity contribution in [2.75, 3.05) is 51.7 Å². The van der Waals surface area contributed by atoms with Gasteiger partial charge in [0, 0.05) is 60.6 Å². The number of pyridine rings is 1. The van der Waals surface area contributed by atoms with Crippen molar-refractivity contribution in [2.45, 2.75) is 13.3 Å². The van der Waals surface area contributed by atoms with Crippen molar-refractivity contribution in [3.63, 3.8) is 0 Å². The lowest BCUT2D eigenvalue weighted by molar-refractivity contribution is -0.136. The molecule has 2 aliphatic heterocycles. The zero-order chi connectivity index (χ0) is 28.9. The number of hydrogen-bond donors (Lipinski definition) is 0. The molecule has 0 saturated carbocycles. The number of likely N-dealkylation sites (tertiary alicyclic amines) is 1. The summed E-state index contributed by atoms with van der Waals surface area (Å²) in [5.41, 5.74) is 4.20. The van der Waals surface area contributed by atoms with Gasteiger partial charge in [0.2, 0.25) is 5.91 Å². The van der Waals surface area contributed by atoms with Crippen LogP contribution in [0.3, 0.4) is 0 Å². The summed E-state index contributed by atoms with van der Waals surface area (Å²) in [6, 6.07) is 11.5. The number of nitrogens with zero attached hydrogens (tertiary/aromatic N) is 7. The van der Waals surface area contributed by atoms with Gasteiger partial charge in [-0.2, -0.15) is 10.4 Å². The van der Waals surface area contributed by atoms with Crippen LogP contribution in [0.5, 0.6) is 0 Å². The number of aryl methyl sites for hydroxylation is 1. The molecule has 0 N–H and O–H groups in total. The van der Waals surface area contributed by atoms with Crippen LogP contribution in [0.15, 0.2) is 48.7 Å². The van der Waals surface area contributed by atoms with E-state index in [1.54, 1.807) is 12.1 Å². The third-order valence-electron chi connectivity index (χ3n) is 8.18. The van der Waals surface area contributed by atoms with Crippen molar-refractivity contribution >= 4 is 61.9 Å². The van der Waals surface area contributed by atoms with Gasteiger partial charge in [-0.05, 0) is 72.7 Å². The number of nitriles is 1. The van der Waals surface area contributed by atoms with E-state index in [9.17, 15) is 10.1 Å². The Hall–Kier alpha value is -3.13. The molecule has 1 spiro atoms. The lowest BCUT2D eigenvalue weighted by Gasteiger charge is -2.47. The SMILES string of the molecule is Cc1ccc2c(cnn2PI)c1-c1c(C#N)c(N2CCC3(CN(C(=O)/C=C/CN(C)C)C3)C2)nc2c(F)cccc12. The largest absolute Gasteiger partial charge is 0.355 e. The Balaban J connectivity index is 1.41. The van der Waals surface area contributed by atoms with E-state index in [1.807, 2.05) is 65.7 Å². The standard InChI is InChI=1S/C30H30FIN7OP/c1-19-9-10-24-22(15-34-39(24)41-32)26(19)27-20-6-4-7-23(31)28(20)35-29(21(27)14-33)37-13-11-30(16-37)17-38(18-30)25(40)8-5-12-36(2)3/h4-10,15,41H,11-13,16-18H2,1-3H3/b8-5+. The summed E-state index contributed by atoms with van der Waals surface area (Å²) in [7, 11) is 3.93.